The number of anilines is 1. The molecule has 7 nitrogen and oxygen atoms in total. The van der Waals surface area contributed by atoms with E-state index in [1.807, 2.05) is 6.07 Å². The maximum Gasteiger partial charge on any atom is 0.282 e. The summed E-state index contributed by atoms with van der Waals surface area (Å²) in [5.74, 6) is -0.574. The molecular weight excluding hydrogens is 370 g/mol. The van der Waals surface area contributed by atoms with E-state index in [1.165, 1.54) is 25.3 Å². The summed E-state index contributed by atoms with van der Waals surface area (Å²) in [5.41, 5.74) is 3.30. The molecular formula is C19H14ClN3O4. The van der Waals surface area contributed by atoms with E-state index in [-0.39, 0.29) is 23.7 Å². The van der Waals surface area contributed by atoms with E-state index in [9.17, 15) is 9.59 Å². The summed E-state index contributed by atoms with van der Waals surface area (Å²) in [7, 11) is 1.42. The predicted molar refractivity (Wildman–Crippen MR) is 99.2 cm³/mol. The van der Waals surface area contributed by atoms with Crippen LogP contribution in [0.25, 0.3) is 6.08 Å². The van der Waals surface area contributed by atoms with E-state index in [4.69, 9.17) is 26.3 Å². The van der Waals surface area contributed by atoms with E-state index < -0.39 is 11.8 Å². The summed E-state index contributed by atoms with van der Waals surface area (Å²) in [5, 5.41) is 10.3. The number of para-hydroxylation sites is 1. The maximum atomic E-state index is 12.7. The highest BCUT2D eigenvalue weighted by atomic mass is 35.5. The number of rotatable bonds is 5. The lowest BCUT2D eigenvalue weighted by Crippen LogP contribution is -2.35. The van der Waals surface area contributed by atoms with Gasteiger partial charge in [0.1, 0.15) is 11.6 Å². The van der Waals surface area contributed by atoms with Crippen molar-refractivity contribution in [2.45, 2.75) is 0 Å². The highest BCUT2D eigenvalue weighted by Gasteiger charge is 2.34. The van der Waals surface area contributed by atoms with Crippen LogP contribution in [-0.2, 0) is 9.59 Å². The minimum Gasteiger partial charge on any atom is -0.493 e. The molecule has 27 heavy (non-hydrogen) atoms. The van der Waals surface area contributed by atoms with Gasteiger partial charge in [0.05, 0.1) is 12.8 Å². The normalized spacial score (nSPS) is 14.9. The van der Waals surface area contributed by atoms with E-state index in [0.29, 0.717) is 16.3 Å². The van der Waals surface area contributed by atoms with Crippen LogP contribution in [-0.4, -0.2) is 25.5 Å². The molecule has 0 bridgehead atoms. The number of carbonyl (C=O) groups excluding carboxylic acids is 2. The summed E-state index contributed by atoms with van der Waals surface area (Å²) >= 11 is 6.09. The smallest absolute Gasteiger partial charge is 0.282 e. The van der Waals surface area contributed by atoms with Crippen LogP contribution in [0.2, 0.25) is 5.02 Å². The zero-order valence-electron chi connectivity index (χ0n) is 14.2. The van der Waals surface area contributed by atoms with Crippen molar-refractivity contribution in [3.05, 3.63) is 58.6 Å². The molecule has 0 aromatic heterocycles. The third-order valence-corrected chi connectivity index (χ3v) is 3.97. The Morgan fingerprint density at radius 2 is 2.00 bits per heavy atom. The Balaban J connectivity index is 2.03. The van der Waals surface area contributed by atoms with Gasteiger partial charge in [0, 0.05) is 16.7 Å². The Kier molecular flexibility index (Phi) is 5.29. The second-order valence-electron chi connectivity index (χ2n) is 5.45. The molecule has 0 unspecified atom stereocenters. The van der Waals surface area contributed by atoms with Gasteiger partial charge in [-0.05, 0) is 24.3 Å². The lowest BCUT2D eigenvalue weighted by atomic mass is 10.1. The molecule has 2 aromatic rings. The number of ether oxygens (including phenoxy) is 2. The van der Waals surface area contributed by atoms with Gasteiger partial charge in [0.15, 0.2) is 18.1 Å². The van der Waals surface area contributed by atoms with Crippen molar-refractivity contribution >= 4 is 35.2 Å². The van der Waals surface area contributed by atoms with Gasteiger partial charge < -0.3 is 9.47 Å². The largest absolute Gasteiger partial charge is 0.493 e. The van der Waals surface area contributed by atoms with Gasteiger partial charge in [-0.1, -0.05) is 29.8 Å². The molecule has 1 saturated heterocycles. The topological polar surface area (TPSA) is 91.7 Å². The van der Waals surface area contributed by atoms with Gasteiger partial charge in [-0.15, -0.1) is 0 Å². The van der Waals surface area contributed by atoms with Crippen LogP contribution in [0.1, 0.15) is 5.56 Å². The Hall–Kier alpha value is -3.50. The first-order valence-electron chi connectivity index (χ1n) is 7.84. The molecule has 136 valence electrons. The van der Waals surface area contributed by atoms with Gasteiger partial charge >= 0.3 is 0 Å². The number of halogens is 1. The molecule has 1 aliphatic heterocycles. The number of nitrogens with zero attached hydrogens (tertiary/aromatic N) is 2. The Labute approximate surface area is 160 Å². The summed E-state index contributed by atoms with van der Waals surface area (Å²) in [4.78, 5) is 25.0. The van der Waals surface area contributed by atoms with Gasteiger partial charge in [-0.3, -0.25) is 15.0 Å². The molecule has 0 radical (unpaired) electrons. The van der Waals surface area contributed by atoms with Crippen LogP contribution in [0.3, 0.4) is 0 Å². The summed E-state index contributed by atoms with van der Waals surface area (Å²) in [6.45, 7) is -0.232. The van der Waals surface area contributed by atoms with Gasteiger partial charge in [-0.25, -0.2) is 5.01 Å². The standard InChI is InChI=1S/C19H14ClN3O4/c1-26-16-11-13(20)9-12(17(16)27-8-7-21)10-15-18(24)22-23(19(15)25)14-5-3-2-4-6-14/h2-6,9-11H,8H2,1H3,(H,22,24)/b15-10-. The van der Waals surface area contributed by atoms with Crippen LogP contribution < -0.4 is 19.9 Å². The molecule has 1 heterocycles. The van der Waals surface area contributed by atoms with Crippen LogP contribution in [0.4, 0.5) is 5.69 Å². The third kappa shape index (κ3) is 3.71. The first-order valence-corrected chi connectivity index (χ1v) is 8.22. The van der Waals surface area contributed by atoms with Crippen molar-refractivity contribution in [2.24, 2.45) is 0 Å². The van der Waals surface area contributed by atoms with Crippen molar-refractivity contribution in [1.29, 1.82) is 5.26 Å². The van der Waals surface area contributed by atoms with Crippen molar-refractivity contribution in [3.63, 3.8) is 0 Å². The number of hydrazine groups is 1. The number of methoxy groups -OCH3 is 1. The van der Waals surface area contributed by atoms with Crippen LogP contribution >= 0.6 is 11.6 Å². The molecule has 2 aromatic carbocycles. The van der Waals surface area contributed by atoms with Crippen molar-refractivity contribution in [3.8, 4) is 17.6 Å². The molecule has 1 N–H and O–H groups in total. The molecule has 1 fully saturated rings. The number of amides is 2. The third-order valence-electron chi connectivity index (χ3n) is 3.76. The van der Waals surface area contributed by atoms with Crippen LogP contribution in [0.15, 0.2) is 48.0 Å². The second kappa shape index (κ2) is 7.81. The van der Waals surface area contributed by atoms with Crippen molar-refractivity contribution < 1.29 is 19.1 Å². The molecule has 3 rings (SSSR count). The first-order chi connectivity index (χ1) is 13.0. The first kappa shape index (κ1) is 18.3. The SMILES string of the molecule is COc1cc(Cl)cc(/C=C2/C(=O)NN(c3ccccc3)C2=O)c1OCC#N. The molecule has 0 spiro atoms. The van der Waals surface area contributed by atoms with Gasteiger partial charge in [-0.2, -0.15) is 5.26 Å². The highest BCUT2D eigenvalue weighted by Crippen LogP contribution is 2.36. The lowest BCUT2D eigenvalue weighted by molar-refractivity contribution is -0.117. The van der Waals surface area contributed by atoms with Crippen LogP contribution in [0, 0.1) is 11.3 Å². The zero-order valence-corrected chi connectivity index (χ0v) is 15.0. The molecule has 0 atom stereocenters. The summed E-state index contributed by atoms with van der Waals surface area (Å²) in [6, 6.07) is 13.6. The molecule has 2 amide bonds. The quantitative estimate of drug-likeness (QED) is 0.633. The lowest BCUT2D eigenvalue weighted by Gasteiger charge is -2.14. The van der Waals surface area contributed by atoms with Crippen molar-refractivity contribution in [2.75, 3.05) is 18.7 Å². The Morgan fingerprint density at radius 1 is 1.26 bits per heavy atom. The maximum absolute atomic E-state index is 12.7. The number of nitrogens with one attached hydrogen (secondary N) is 1. The Bertz CT molecular complexity index is 967. The Morgan fingerprint density at radius 3 is 2.67 bits per heavy atom. The van der Waals surface area contributed by atoms with Gasteiger partial charge in [0.25, 0.3) is 11.8 Å². The van der Waals surface area contributed by atoms with E-state index in [1.54, 1.807) is 30.3 Å². The molecule has 0 saturated carbocycles. The molecule has 1 aliphatic rings. The van der Waals surface area contributed by atoms with E-state index >= 15 is 0 Å². The van der Waals surface area contributed by atoms with Gasteiger partial charge in [0.2, 0.25) is 0 Å². The van der Waals surface area contributed by atoms with Crippen molar-refractivity contribution in [1.82, 2.24) is 5.43 Å². The summed E-state index contributed by atoms with van der Waals surface area (Å²) in [6.07, 6.45) is 1.36. The van der Waals surface area contributed by atoms with E-state index in [0.717, 1.165) is 5.01 Å². The molecule has 0 aliphatic carbocycles. The summed E-state index contributed by atoms with van der Waals surface area (Å²) < 4.78 is 10.6. The zero-order chi connectivity index (χ0) is 19.4. The molecule has 8 heteroatoms. The average Bonchev–Trinajstić information content (AvgIpc) is 2.95. The number of hydrogen-bond acceptors (Lipinski definition) is 5. The van der Waals surface area contributed by atoms with Crippen LogP contribution in [0.5, 0.6) is 11.5 Å². The van der Waals surface area contributed by atoms with E-state index in [2.05, 4.69) is 5.43 Å². The number of hydrogen-bond donors (Lipinski definition) is 1. The predicted octanol–water partition coefficient (Wildman–Crippen LogP) is 2.71. The minimum atomic E-state index is -0.561. The monoisotopic (exact) mass is 383 g/mol. The number of nitriles is 1. The fourth-order valence-electron chi connectivity index (χ4n) is 2.58. The number of carbonyl (C=O) groups is 2. The highest BCUT2D eigenvalue weighted by molar-refractivity contribution is 6.32. The fourth-order valence-corrected chi connectivity index (χ4v) is 2.79. The number of benzene rings is 2. The second-order valence-corrected chi connectivity index (χ2v) is 5.88. The fraction of sp³-hybridized carbons (Fsp3) is 0.105. The minimum absolute atomic E-state index is 0.0926. The average molecular weight is 384 g/mol.